The van der Waals surface area contributed by atoms with Gasteiger partial charge in [0.25, 0.3) is 0 Å². The lowest BCUT2D eigenvalue weighted by Gasteiger charge is -2.07. The summed E-state index contributed by atoms with van der Waals surface area (Å²) >= 11 is 2.08. The van der Waals surface area contributed by atoms with Gasteiger partial charge in [-0.15, -0.1) is 0 Å². The number of carboxylic acid groups (broad SMARTS) is 1. The first-order chi connectivity index (χ1) is 8.04. The SMILES string of the molecule is COc1ccc(I)cc1C(=O)COCC(=O)O. The van der Waals surface area contributed by atoms with E-state index in [0.29, 0.717) is 11.3 Å². The zero-order valence-corrected chi connectivity index (χ0v) is 11.3. The van der Waals surface area contributed by atoms with Gasteiger partial charge in [-0.25, -0.2) is 4.79 Å². The molecule has 1 rings (SSSR count). The van der Waals surface area contributed by atoms with Crippen molar-refractivity contribution in [2.45, 2.75) is 0 Å². The highest BCUT2D eigenvalue weighted by atomic mass is 127. The van der Waals surface area contributed by atoms with Crippen LogP contribution in [0.3, 0.4) is 0 Å². The number of methoxy groups -OCH3 is 1. The van der Waals surface area contributed by atoms with Gasteiger partial charge in [0, 0.05) is 3.57 Å². The number of ketones is 1. The molecule has 1 aromatic carbocycles. The van der Waals surface area contributed by atoms with E-state index < -0.39 is 12.6 Å². The molecule has 0 fully saturated rings. The summed E-state index contributed by atoms with van der Waals surface area (Å²) in [5, 5.41) is 8.38. The van der Waals surface area contributed by atoms with E-state index in [4.69, 9.17) is 14.6 Å². The second-order valence-corrected chi connectivity index (χ2v) is 4.40. The van der Waals surface area contributed by atoms with Gasteiger partial charge in [-0.3, -0.25) is 4.79 Å². The molecular weight excluding hydrogens is 339 g/mol. The molecule has 0 aliphatic heterocycles. The molecule has 0 aliphatic rings. The van der Waals surface area contributed by atoms with Gasteiger partial charge in [0.2, 0.25) is 0 Å². The molecule has 1 aromatic rings. The third kappa shape index (κ3) is 4.31. The number of carbonyl (C=O) groups is 2. The summed E-state index contributed by atoms with van der Waals surface area (Å²) in [6.45, 7) is -0.763. The summed E-state index contributed by atoms with van der Waals surface area (Å²) in [5.74, 6) is -0.955. The van der Waals surface area contributed by atoms with Gasteiger partial charge in [0.15, 0.2) is 5.78 Å². The van der Waals surface area contributed by atoms with Gasteiger partial charge in [0.1, 0.15) is 19.0 Å². The van der Waals surface area contributed by atoms with Crippen LogP contribution in [0.25, 0.3) is 0 Å². The predicted octanol–water partition coefficient (Wildman–Crippen LogP) is 1.58. The first kappa shape index (κ1) is 13.9. The fourth-order valence-corrected chi connectivity index (χ4v) is 1.70. The molecule has 0 unspecified atom stereocenters. The summed E-state index contributed by atoms with van der Waals surface area (Å²) in [6.07, 6.45) is 0. The van der Waals surface area contributed by atoms with Crippen LogP contribution in [-0.4, -0.2) is 37.2 Å². The number of benzene rings is 1. The number of aliphatic carboxylic acids is 1. The molecule has 1 N–H and O–H groups in total. The molecule has 17 heavy (non-hydrogen) atoms. The van der Waals surface area contributed by atoms with Gasteiger partial charge >= 0.3 is 5.97 Å². The molecular formula is C11H11IO5. The largest absolute Gasteiger partial charge is 0.496 e. The van der Waals surface area contributed by atoms with Crippen molar-refractivity contribution in [3.05, 3.63) is 27.3 Å². The lowest BCUT2D eigenvalue weighted by Crippen LogP contribution is -2.15. The van der Waals surface area contributed by atoms with Crippen LogP contribution in [-0.2, 0) is 9.53 Å². The fourth-order valence-electron chi connectivity index (χ4n) is 1.21. The summed E-state index contributed by atoms with van der Waals surface area (Å²) in [7, 11) is 1.47. The Morgan fingerprint density at radius 1 is 1.35 bits per heavy atom. The molecule has 0 heterocycles. The average Bonchev–Trinajstić information content (AvgIpc) is 2.28. The Labute approximate surface area is 112 Å². The van der Waals surface area contributed by atoms with E-state index in [1.807, 2.05) is 6.07 Å². The quantitative estimate of drug-likeness (QED) is 0.623. The molecule has 0 saturated heterocycles. The summed E-state index contributed by atoms with van der Waals surface area (Å²) in [6, 6.07) is 5.17. The van der Waals surface area contributed by atoms with Crippen LogP contribution in [0.4, 0.5) is 0 Å². The number of carboxylic acids is 1. The van der Waals surface area contributed by atoms with Gasteiger partial charge in [-0.2, -0.15) is 0 Å². The number of Topliss-reactive ketones (excluding diaryl/α,β-unsaturated/α-hetero) is 1. The zero-order valence-electron chi connectivity index (χ0n) is 9.10. The minimum Gasteiger partial charge on any atom is -0.496 e. The van der Waals surface area contributed by atoms with E-state index >= 15 is 0 Å². The standard InChI is InChI=1S/C11H11IO5/c1-16-10-3-2-7(12)4-8(10)9(13)5-17-6-11(14)15/h2-4H,5-6H2,1H3,(H,14,15). The van der Waals surface area contributed by atoms with Crippen LogP contribution >= 0.6 is 22.6 Å². The molecule has 6 heteroatoms. The maximum atomic E-state index is 11.8. The van der Waals surface area contributed by atoms with Crippen molar-refractivity contribution in [1.82, 2.24) is 0 Å². The van der Waals surface area contributed by atoms with Crippen molar-refractivity contribution >= 4 is 34.3 Å². The van der Waals surface area contributed by atoms with E-state index in [2.05, 4.69) is 22.6 Å². The van der Waals surface area contributed by atoms with Crippen molar-refractivity contribution in [3.63, 3.8) is 0 Å². The molecule has 0 atom stereocenters. The third-order valence-electron chi connectivity index (χ3n) is 1.92. The van der Waals surface area contributed by atoms with Crippen LogP contribution in [0.5, 0.6) is 5.75 Å². The number of halogens is 1. The second kappa shape index (κ2) is 6.55. The van der Waals surface area contributed by atoms with Gasteiger partial charge in [-0.05, 0) is 40.8 Å². The first-order valence-electron chi connectivity index (χ1n) is 4.71. The monoisotopic (exact) mass is 350 g/mol. The van der Waals surface area contributed by atoms with Gasteiger partial charge < -0.3 is 14.6 Å². The molecule has 0 aromatic heterocycles. The minimum absolute atomic E-state index is 0.275. The molecule has 0 aliphatic carbocycles. The summed E-state index contributed by atoms with van der Waals surface area (Å²) in [4.78, 5) is 22.0. The average molecular weight is 350 g/mol. The number of hydrogen-bond acceptors (Lipinski definition) is 4. The van der Waals surface area contributed by atoms with Crippen LogP contribution in [0.2, 0.25) is 0 Å². The van der Waals surface area contributed by atoms with Crippen LogP contribution in [0.1, 0.15) is 10.4 Å². The number of rotatable bonds is 6. The Kier molecular flexibility index (Phi) is 5.36. The lowest BCUT2D eigenvalue weighted by atomic mass is 10.1. The topological polar surface area (TPSA) is 72.8 Å². The maximum Gasteiger partial charge on any atom is 0.329 e. The van der Waals surface area contributed by atoms with Crippen molar-refractivity contribution in [2.75, 3.05) is 20.3 Å². The predicted molar refractivity (Wildman–Crippen MR) is 68.5 cm³/mol. The maximum absolute atomic E-state index is 11.8. The molecule has 5 nitrogen and oxygen atoms in total. The first-order valence-corrected chi connectivity index (χ1v) is 5.78. The Morgan fingerprint density at radius 3 is 2.65 bits per heavy atom. The Bertz CT molecular complexity index is 430. The van der Waals surface area contributed by atoms with Gasteiger partial charge in [-0.1, -0.05) is 0 Å². The Hall–Kier alpha value is -1.15. The highest BCUT2D eigenvalue weighted by Gasteiger charge is 2.13. The van der Waals surface area contributed by atoms with Crippen LogP contribution in [0.15, 0.2) is 18.2 Å². The fraction of sp³-hybridized carbons (Fsp3) is 0.273. The molecule has 92 valence electrons. The normalized spacial score (nSPS) is 10.0. The van der Waals surface area contributed by atoms with Crippen LogP contribution < -0.4 is 4.74 Å². The Balaban J connectivity index is 2.73. The van der Waals surface area contributed by atoms with Crippen molar-refractivity contribution in [3.8, 4) is 5.75 Å². The number of ether oxygens (including phenoxy) is 2. The van der Waals surface area contributed by atoms with Crippen molar-refractivity contribution < 1.29 is 24.2 Å². The van der Waals surface area contributed by atoms with Crippen molar-refractivity contribution in [1.29, 1.82) is 0 Å². The zero-order chi connectivity index (χ0) is 12.8. The summed E-state index contributed by atoms with van der Waals surface area (Å²) in [5.41, 5.74) is 0.393. The minimum atomic E-state index is -1.10. The molecule has 0 saturated carbocycles. The van der Waals surface area contributed by atoms with E-state index in [9.17, 15) is 9.59 Å². The number of carbonyl (C=O) groups excluding carboxylic acids is 1. The molecule has 0 spiro atoms. The summed E-state index contributed by atoms with van der Waals surface area (Å²) < 4.78 is 10.7. The van der Waals surface area contributed by atoms with E-state index in [0.717, 1.165) is 3.57 Å². The van der Waals surface area contributed by atoms with Crippen LogP contribution in [0, 0.1) is 3.57 Å². The lowest BCUT2D eigenvalue weighted by molar-refractivity contribution is -0.141. The van der Waals surface area contributed by atoms with E-state index in [1.165, 1.54) is 7.11 Å². The molecule has 0 bridgehead atoms. The smallest absolute Gasteiger partial charge is 0.329 e. The second-order valence-electron chi connectivity index (χ2n) is 3.15. The highest BCUT2D eigenvalue weighted by molar-refractivity contribution is 14.1. The van der Waals surface area contributed by atoms with Gasteiger partial charge in [0.05, 0.1) is 12.7 Å². The van der Waals surface area contributed by atoms with E-state index in [1.54, 1.807) is 12.1 Å². The highest BCUT2D eigenvalue weighted by Crippen LogP contribution is 2.21. The molecule has 0 radical (unpaired) electrons. The Morgan fingerprint density at radius 2 is 2.06 bits per heavy atom. The third-order valence-corrected chi connectivity index (χ3v) is 2.59. The van der Waals surface area contributed by atoms with E-state index in [-0.39, 0.29) is 12.4 Å². The number of hydrogen-bond donors (Lipinski definition) is 1. The molecule has 0 amide bonds. The van der Waals surface area contributed by atoms with Crippen molar-refractivity contribution in [2.24, 2.45) is 0 Å².